The highest BCUT2D eigenvalue weighted by molar-refractivity contribution is 5.95. The summed E-state index contributed by atoms with van der Waals surface area (Å²) in [5, 5.41) is 0. The van der Waals surface area contributed by atoms with Crippen molar-refractivity contribution in [2.75, 3.05) is 46.4 Å². The molecule has 39 heavy (non-hydrogen) atoms. The maximum atomic E-state index is 13.2. The summed E-state index contributed by atoms with van der Waals surface area (Å²) < 4.78 is 7.12. The molecule has 2 unspecified atom stereocenters. The number of aryl methyl sites for hydroxylation is 1. The van der Waals surface area contributed by atoms with Crippen LogP contribution < -0.4 is 5.49 Å². The molecule has 9 nitrogen and oxygen atoms in total. The summed E-state index contributed by atoms with van der Waals surface area (Å²) in [6.07, 6.45) is 5.60. The fourth-order valence-electron chi connectivity index (χ4n) is 5.94. The second kappa shape index (κ2) is 11.6. The highest BCUT2D eigenvalue weighted by atomic mass is 16.6. The molecule has 2 bridgehead atoms. The minimum absolute atomic E-state index is 0.109. The van der Waals surface area contributed by atoms with Crippen LogP contribution in [0.5, 0.6) is 0 Å². The lowest BCUT2D eigenvalue weighted by molar-refractivity contribution is 0.0722. The summed E-state index contributed by atoms with van der Waals surface area (Å²) in [6.45, 7) is 8.06. The zero-order valence-corrected chi connectivity index (χ0v) is 23.3. The molecule has 2 atom stereocenters. The van der Waals surface area contributed by atoms with Crippen LogP contribution in [-0.4, -0.2) is 89.5 Å². The molecule has 0 N–H and O–H groups in total. The van der Waals surface area contributed by atoms with Crippen LogP contribution in [0.2, 0.25) is 0 Å². The van der Waals surface area contributed by atoms with Crippen molar-refractivity contribution >= 4 is 29.1 Å². The van der Waals surface area contributed by atoms with Crippen LogP contribution in [-0.2, 0) is 11.8 Å². The molecule has 2 aromatic rings. The van der Waals surface area contributed by atoms with Gasteiger partial charge in [-0.3, -0.25) is 4.79 Å². The third kappa shape index (κ3) is 5.98. The standard InChI is InChI=1S/C30H38N6O3/c1-5-39-30(38)35-15-12-23(13-16-35)27-7-6-14-34(4)28(27)32-21(2)31-25-10-8-24(9-11-25)29(37)36-19-22-17-26(36)20-33(3)18-22/h6-12,14,22,26H,5,13,15-20H2,1-4H3. The van der Waals surface area contributed by atoms with Crippen molar-refractivity contribution < 1.29 is 14.3 Å². The van der Waals surface area contributed by atoms with Crippen molar-refractivity contribution in [3.63, 3.8) is 0 Å². The van der Waals surface area contributed by atoms with E-state index in [1.54, 1.807) is 4.90 Å². The van der Waals surface area contributed by atoms with Crippen LogP contribution in [0.3, 0.4) is 0 Å². The van der Waals surface area contributed by atoms with E-state index in [1.807, 2.05) is 62.0 Å². The van der Waals surface area contributed by atoms with Crippen molar-refractivity contribution in [3.05, 3.63) is 65.3 Å². The van der Waals surface area contributed by atoms with Gasteiger partial charge in [0.1, 0.15) is 11.3 Å². The van der Waals surface area contributed by atoms with Gasteiger partial charge in [-0.05, 0) is 81.6 Å². The smallest absolute Gasteiger partial charge is 0.410 e. The van der Waals surface area contributed by atoms with Gasteiger partial charge in [-0.25, -0.2) is 14.8 Å². The van der Waals surface area contributed by atoms with E-state index in [-0.39, 0.29) is 12.0 Å². The van der Waals surface area contributed by atoms with Gasteiger partial charge in [0.15, 0.2) is 0 Å². The fraction of sp³-hybridized carbons (Fsp3) is 0.467. The van der Waals surface area contributed by atoms with Crippen molar-refractivity contribution in [2.24, 2.45) is 23.0 Å². The number of likely N-dealkylation sites (tertiary alicyclic amines) is 2. The number of pyridine rings is 1. The van der Waals surface area contributed by atoms with Gasteiger partial charge in [0.25, 0.3) is 5.91 Å². The number of benzene rings is 1. The largest absolute Gasteiger partial charge is 0.450 e. The van der Waals surface area contributed by atoms with Crippen LogP contribution in [0.15, 0.2) is 58.7 Å². The molecule has 0 saturated carbocycles. The molecule has 5 rings (SSSR count). The SMILES string of the molecule is CCOC(=O)N1CC=C(c2cccn(C)c2=NC(C)=Nc2ccc(C(=O)N3CC4CC3CN(C)C4)cc2)CC1. The van der Waals surface area contributed by atoms with Gasteiger partial charge in [-0.2, -0.15) is 0 Å². The lowest BCUT2D eigenvalue weighted by Crippen LogP contribution is -2.42. The second-order valence-corrected chi connectivity index (χ2v) is 10.7. The number of rotatable bonds is 4. The summed E-state index contributed by atoms with van der Waals surface area (Å²) in [4.78, 5) is 40.9. The average Bonchev–Trinajstić information content (AvgIpc) is 3.23. The number of carbonyl (C=O) groups is 2. The zero-order valence-electron chi connectivity index (χ0n) is 23.3. The van der Waals surface area contributed by atoms with E-state index in [1.165, 1.54) is 0 Å². The number of aliphatic imine (C=N–C) groups is 1. The number of likely N-dealkylation sites (N-methyl/N-ethyl adjacent to an activating group) is 1. The Morgan fingerprint density at radius 2 is 1.87 bits per heavy atom. The van der Waals surface area contributed by atoms with Crippen molar-refractivity contribution in [3.8, 4) is 0 Å². The summed E-state index contributed by atoms with van der Waals surface area (Å²) in [7, 11) is 4.10. The lowest BCUT2D eigenvalue weighted by atomic mass is 10.0. The molecule has 1 aromatic carbocycles. The van der Waals surface area contributed by atoms with Gasteiger partial charge < -0.3 is 24.0 Å². The predicted octanol–water partition coefficient (Wildman–Crippen LogP) is 3.70. The summed E-state index contributed by atoms with van der Waals surface area (Å²) in [5.41, 5.74) is 4.46. The summed E-state index contributed by atoms with van der Waals surface area (Å²) in [6, 6.07) is 11.9. The molecular weight excluding hydrogens is 492 g/mol. The number of carbonyl (C=O) groups excluding carboxylic acids is 2. The van der Waals surface area contributed by atoms with Gasteiger partial charge in [0.05, 0.1) is 12.3 Å². The quantitative estimate of drug-likeness (QED) is 0.446. The van der Waals surface area contributed by atoms with Crippen LogP contribution in [0, 0.1) is 5.92 Å². The first-order chi connectivity index (χ1) is 18.8. The molecule has 2 amide bonds. The Kier molecular flexibility index (Phi) is 7.97. The first-order valence-electron chi connectivity index (χ1n) is 13.8. The van der Waals surface area contributed by atoms with Gasteiger partial charge in [0.2, 0.25) is 0 Å². The Balaban J connectivity index is 1.32. The minimum Gasteiger partial charge on any atom is -0.450 e. The molecule has 2 fully saturated rings. The Hall–Kier alpha value is -3.72. The molecule has 9 heteroatoms. The number of fused-ring (bicyclic) bond motifs is 2. The molecule has 2 saturated heterocycles. The van der Waals surface area contributed by atoms with Gasteiger partial charge in [0, 0.05) is 63.1 Å². The second-order valence-electron chi connectivity index (χ2n) is 10.7. The van der Waals surface area contributed by atoms with Crippen LogP contribution in [0.4, 0.5) is 10.5 Å². The summed E-state index contributed by atoms with van der Waals surface area (Å²) in [5.74, 6) is 1.31. The fourth-order valence-corrected chi connectivity index (χ4v) is 5.94. The number of amidine groups is 1. The number of aromatic nitrogens is 1. The topological polar surface area (TPSA) is 82.7 Å². The van der Waals surface area contributed by atoms with E-state index in [2.05, 4.69) is 29.0 Å². The van der Waals surface area contributed by atoms with E-state index < -0.39 is 0 Å². The molecule has 3 aliphatic rings. The normalized spacial score (nSPS) is 22.2. The third-order valence-corrected chi connectivity index (χ3v) is 7.76. The Morgan fingerprint density at radius 3 is 2.59 bits per heavy atom. The van der Waals surface area contributed by atoms with Gasteiger partial charge in [-0.15, -0.1) is 0 Å². The molecule has 0 radical (unpaired) electrons. The van der Waals surface area contributed by atoms with E-state index in [4.69, 9.17) is 14.7 Å². The maximum absolute atomic E-state index is 13.2. The first kappa shape index (κ1) is 26.9. The van der Waals surface area contributed by atoms with Crippen molar-refractivity contribution in [1.29, 1.82) is 0 Å². The summed E-state index contributed by atoms with van der Waals surface area (Å²) >= 11 is 0. The van der Waals surface area contributed by atoms with Gasteiger partial charge >= 0.3 is 6.09 Å². The van der Waals surface area contributed by atoms with E-state index in [9.17, 15) is 9.59 Å². The Morgan fingerprint density at radius 1 is 1.08 bits per heavy atom. The highest BCUT2D eigenvalue weighted by Gasteiger charge is 2.39. The van der Waals surface area contributed by atoms with E-state index in [0.29, 0.717) is 43.1 Å². The molecule has 4 heterocycles. The minimum atomic E-state index is -0.275. The number of amides is 2. The lowest BCUT2D eigenvalue weighted by Gasteiger charge is -2.29. The monoisotopic (exact) mass is 530 g/mol. The number of ether oxygens (including phenoxy) is 1. The zero-order chi connectivity index (χ0) is 27.5. The van der Waals surface area contributed by atoms with Crippen LogP contribution in [0.25, 0.3) is 5.57 Å². The molecule has 0 aliphatic carbocycles. The third-order valence-electron chi connectivity index (χ3n) is 7.76. The average molecular weight is 531 g/mol. The number of hydrogen-bond donors (Lipinski definition) is 0. The number of nitrogens with zero attached hydrogens (tertiary/aromatic N) is 6. The molecular formula is C30H38N6O3. The molecule has 3 aliphatic heterocycles. The van der Waals surface area contributed by atoms with Crippen molar-refractivity contribution in [1.82, 2.24) is 19.3 Å². The van der Waals surface area contributed by atoms with Crippen molar-refractivity contribution in [2.45, 2.75) is 32.7 Å². The predicted molar refractivity (Wildman–Crippen MR) is 152 cm³/mol. The number of hydrogen-bond acceptors (Lipinski definition) is 5. The Bertz CT molecular complexity index is 1360. The maximum Gasteiger partial charge on any atom is 0.410 e. The molecule has 1 aromatic heterocycles. The first-order valence-corrected chi connectivity index (χ1v) is 13.8. The van der Waals surface area contributed by atoms with Crippen LogP contribution in [0.1, 0.15) is 42.6 Å². The van der Waals surface area contributed by atoms with Crippen LogP contribution >= 0.6 is 0 Å². The Labute approximate surface area is 230 Å². The van der Waals surface area contributed by atoms with E-state index >= 15 is 0 Å². The molecule has 206 valence electrons. The highest BCUT2D eigenvalue weighted by Crippen LogP contribution is 2.30. The molecule has 0 spiro atoms. The van der Waals surface area contributed by atoms with E-state index in [0.717, 1.165) is 54.8 Å². The van der Waals surface area contributed by atoms with Gasteiger partial charge in [-0.1, -0.05) is 6.08 Å². The number of piperidine rings is 1.